The van der Waals surface area contributed by atoms with Crippen molar-refractivity contribution in [2.45, 2.75) is 19.9 Å². The van der Waals surface area contributed by atoms with Gasteiger partial charge < -0.3 is 5.32 Å². The summed E-state index contributed by atoms with van der Waals surface area (Å²) >= 11 is 0. The van der Waals surface area contributed by atoms with Crippen LogP contribution in [0.25, 0.3) is 0 Å². The minimum absolute atomic E-state index is 0.0873. The lowest BCUT2D eigenvalue weighted by molar-refractivity contribution is -0.684. The van der Waals surface area contributed by atoms with E-state index in [2.05, 4.69) is 5.32 Å². The molecule has 6 nitrogen and oxygen atoms in total. The molecule has 0 aliphatic rings. The van der Waals surface area contributed by atoms with Crippen molar-refractivity contribution in [1.29, 1.82) is 0 Å². The zero-order valence-corrected chi connectivity index (χ0v) is 15.0. The smallest absolute Gasteiger partial charge is 0.290 e. The highest BCUT2D eigenvalue weighted by atomic mass is 16.6. The van der Waals surface area contributed by atoms with E-state index >= 15 is 0 Å². The number of hydrogen-bond acceptors (Lipinski definition) is 3. The van der Waals surface area contributed by atoms with E-state index in [-0.39, 0.29) is 18.1 Å². The van der Waals surface area contributed by atoms with E-state index in [1.165, 1.54) is 12.1 Å². The van der Waals surface area contributed by atoms with Crippen LogP contribution in [0, 0.1) is 17.0 Å². The molecule has 0 bridgehead atoms. The third-order valence-corrected chi connectivity index (χ3v) is 4.18. The van der Waals surface area contributed by atoms with E-state index in [1.807, 2.05) is 60.3 Å². The van der Waals surface area contributed by atoms with Gasteiger partial charge in [-0.15, -0.1) is 0 Å². The topological polar surface area (TPSA) is 76.1 Å². The van der Waals surface area contributed by atoms with Crippen molar-refractivity contribution in [2.75, 3.05) is 5.32 Å². The molecule has 0 atom stereocenters. The summed E-state index contributed by atoms with van der Waals surface area (Å²) in [6.45, 7) is 2.23. The van der Waals surface area contributed by atoms with Gasteiger partial charge in [0.2, 0.25) is 6.54 Å². The number of amides is 1. The summed E-state index contributed by atoms with van der Waals surface area (Å²) in [5.74, 6) is -0.0908. The Morgan fingerprint density at radius 1 is 0.963 bits per heavy atom. The highest BCUT2D eigenvalue weighted by Crippen LogP contribution is 2.14. The molecule has 0 spiro atoms. The Morgan fingerprint density at radius 3 is 2.15 bits per heavy atom. The Labute approximate surface area is 157 Å². The van der Waals surface area contributed by atoms with E-state index in [0.29, 0.717) is 6.42 Å². The number of non-ortho nitro benzene ring substituents is 1. The first-order valence-corrected chi connectivity index (χ1v) is 8.57. The number of hydrogen-bond donors (Lipinski definition) is 1. The molecule has 27 heavy (non-hydrogen) atoms. The zero-order valence-electron chi connectivity index (χ0n) is 15.0. The van der Waals surface area contributed by atoms with Gasteiger partial charge in [0.1, 0.15) is 0 Å². The first kappa shape index (κ1) is 18.3. The third-order valence-electron chi connectivity index (χ3n) is 4.18. The first-order chi connectivity index (χ1) is 13.0. The number of pyridine rings is 1. The predicted octanol–water partition coefficient (Wildman–Crippen LogP) is 3.42. The lowest BCUT2D eigenvalue weighted by Crippen LogP contribution is -2.39. The second kappa shape index (κ2) is 8.23. The number of rotatable bonds is 6. The zero-order chi connectivity index (χ0) is 19.2. The molecule has 0 saturated heterocycles. The highest BCUT2D eigenvalue weighted by Gasteiger charge is 2.10. The molecule has 3 rings (SSSR count). The van der Waals surface area contributed by atoms with Gasteiger partial charge in [0.05, 0.1) is 4.92 Å². The van der Waals surface area contributed by atoms with Crippen molar-refractivity contribution in [2.24, 2.45) is 0 Å². The standard InChI is InChI=1S/C21H19N3O3/c1-16-2-6-19(7-3-16)22-21(25)15-23-12-10-18(11-13-23)14-17-4-8-20(9-5-17)24(26)27/h2-13H,14-15H2,1H3/p+1. The average Bonchev–Trinajstić information content (AvgIpc) is 2.66. The summed E-state index contributed by atoms with van der Waals surface area (Å²) in [5, 5.41) is 13.6. The quantitative estimate of drug-likeness (QED) is 0.415. The third kappa shape index (κ3) is 5.22. The minimum Gasteiger partial charge on any atom is -0.321 e. The second-order valence-corrected chi connectivity index (χ2v) is 6.39. The predicted molar refractivity (Wildman–Crippen MR) is 102 cm³/mol. The van der Waals surface area contributed by atoms with Gasteiger partial charge in [-0.25, -0.2) is 0 Å². The van der Waals surface area contributed by atoms with Crippen LogP contribution in [0.4, 0.5) is 11.4 Å². The highest BCUT2D eigenvalue weighted by molar-refractivity contribution is 5.89. The van der Waals surface area contributed by atoms with E-state index < -0.39 is 4.92 Å². The molecule has 0 saturated carbocycles. The van der Waals surface area contributed by atoms with Gasteiger partial charge in [0.15, 0.2) is 12.4 Å². The summed E-state index contributed by atoms with van der Waals surface area (Å²) in [5.41, 5.74) is 4.07. The maximum atomic E-state index is 12.1. The molecular formula is C21H20N3O3+. The maximum absolute atomic E-state index is 12.1. The molecule has 0 unspecified atom stereocenters. The minimum atomic E-state index is -0.406. The van der Waals surface area contributed by atoms with Gasteiger partial charge in [-0.2, -0.15) is 4.57 Å². The van der Waals surface area contributed by atoms with Gasteiger partial charge in [0, 0.05) is 30.0 Å². The van der Waals surface area contributed by atoms with Crippen LogP contribution >= 0.6 is 0 Å². The number of aryl methyl sites for hydroxylation is 1. The summed E-state index contributed by atoms with van der Waals surface area (Å²) in [7, 11) is 0. The number of anilines is 1. The largest absolute Gasteiger partial charge is 0.321 e. The van der Waals surface area contributed by atoms with Crippen LogP contribution in [-0.2, 0) is 17.8 Å². The molecule has 1 N–H and O–H groups in total. The summed E-state index contributed by atoms with van der Waals surface area (Å²) < 4.78 is 1.81. The van der Waals surface area contributed by atoms with Crippen molar-refractivity contribution >= 4 is 17.3 Å². The monoisotopic (exact) mass is 362 g/mol. The van der Waals surface area contributed by atoms with Crippen LogP contribution in [0.2, 0.25) is 0 Å². The van der Waals surface area contributed by atoms with Crippen LogP contribution in [0.3, 0.4) is 0 Å². The number of aromatic nitrogens is 1. The fraction of sp³-hybridized carbons (Fsp3) is 0.143. The lowest BCUT2D eigenvalue weighted by Gasteiger charge is -2.04. The van der Waals surface area contributed by atoms with Gasteiger partial charge in [0.25, 0.3) is 11.6 Å². The van der Waals surface area contributed by atoms with Gasteiger partial charge >= 0.3 is 0 Å². The molecule has 6 heteroatoms. The van der Waals surface area contributed by atoms with Crippen LogP contribution in [-0.4, -0.2) is 10.8 Å². The Balaban J connectivity index is 1.57. The number of carbonyl (C=O) groups is 1. The first-order valence-electron chi connectivity index (χ1n) is 8.57. The summed E-state index contributed by atoms with van der Waals surface area (Å²) in [4.78, 5) is 22.4. The van der Waals surface area contributed by atoms with Crippen molar-refractivity contribution in [3.05, 3.63) is 99.9 Å². The van der Waals surface area contributed by atoms with Crippen LogP contribution < -0.4 is 9.88 Å². The molecule has 0 radical (unpaired) electrons. The molecule has 1 aromatic heterocycles. The number of nitro groups is 1. The summed E-state index contributed by atoms with van der Waals surface area (Å²) in [6.07, 6.45) is 4.39. The van der Waals surface area contributed by atoms with E-state index in [4.69, 9.17) is 0 Å². The molecule has 0 aliphatic heterocycles. The van der Waals surface area contributed by atoms with Crippen molar-refractivity contribution < 1.29 is 14.3 Å². The van der Waals surface area contributed by atoms with Crippen LogP contribution in [0.1, 0.15) is 16.7 Å². The number of nitrogens with zero attached hydrogens (tertiary/aromatic N) is 2. The Morgan fingerprint density at radius 2 is 1.56 bits per heavy atom. The van der Waals surface area contributed by atoms with Crippen molar-refractivity contribution in [3.63, 3.8) is 0 Å². The number of nitro benzene ring substituents is 1. The number of benzene rings is 2. The van der Waals surface area contributed by atoms with E-state index in [0.717, 1.165) is 22.4 Å². The second-order valence-electron chi connectivity index (χ2n) is 6.39. The number of nitrogens with one attached hydrogen (secondary N) is 1. The molecule has 1 amide bonds. The normalized spacial score (nSPS) is 10.4. The van der Waals surface area contributed by atoms with Gasteiger partial charge in [-0.3, -0.25) is 14.9 Å². The SMILES string of the molecule is Cc1ccc(NC(=O)C[n+]2ccc(Cc3ccc([N+](=O)[O-])cc3)cc2)cc1. The Bertz CT molecular complexity index is 934. The molecule has 2 aromatic carbocycles. The Kier molecular flexibility index (Phi) is 5.56. The van der Waals surface area contributed by atoms with Crippen LogP contribution in [0.5, 0.6) is 0 Å². The van der Waals surface area contributed by atoms with Gasteiger partial charge in [-0.05, 0) is 36.6 Å². The molecular weight excluding hydrogens is 342 g/mol. The van der Waals surface area contributed by atoms with E-state index in [9.17, 15) is 14.9 Å². The molecule has 0 aliphatic carbocycles. The van der Waals surface area contributed by atoms with Crippen molar-refractivity contribution in [1.82, 2.24) is 0 Å². The lowest BCUT2D eigenvalue weighted by atomic mass is 10.1. The van der Waals surface area contributed by atoms with E-state index in [1.54, 1.807) is 12.1 Å². The fourth-order valence-electron chi connectivity index (χ4n) is 2.69. The molecule has 0 fully saturated rings. The summed E-state index contributed by atoms with van der Waals surface area (Å²) in [6, 6.07) is 18.1. The van der Waals surface area contributed by atoms with Gasteiger partial charge in [-0.1, -0.05) is 29.8 Å². The molecule has 136 valence electrons. The molecule has 1 heterocycles. The Hall–Kier alpha value is -3.54. The number of carbonyl (C=O) groups excluding carboxylic acids is 1. The van der Waals surface area contributed by atoms with Crippen molar-refractivity contribution in [3.8, 4) is 0 Å². The molecule has 3 aromatic rings. The maximum Gasteiger partial charge on any atom is 0.290 e. The fourth-order valence-corrected chi connectivity index (χ4v) is 2.69. The average molecular weight is 362 g/mol. The van der Waals surface area contributed by atoms with Crippen LogP contribution in [0.15, 0.2) is 73.1 Å².